The van der Waals surface area contributed by atoms with Gasteiger partial charge in [-0.1, -0.05) is 252 Å². The number of hydrogen-bond acceptors (Lipinski definition) is 9. The lowest BCUT2D eigenvalue weighted by atomic mass is 9.70. The van der Waals surface area contributed by atoms with Crippen molar-refractivity contribution in [1.29, 1.82) is 0 Å². The molecule has 1 aromatic rings. The van der Waals surface area contributed by atoms with Crippen LogP contribution in [-0.2, 0) is 19.1 Å². The highest BCUT2D eigenvalue weighted by Gasteiger charge is 2.74. The number of carbonyl (C=O) groups excluding carboxylic acids is 3. The minimum Gasteiger partial charge on any atom is -0.382 e. The molecule has 1 aliphatic rings. The molecule has 11 nitrogen and oxygen atoms in total. The SMILES string of the molecule is CCCCCCCCCCCCCCCC(=O)C(O)[C@H]1O[C@@H](n2ccc(=O)[nH]c2=O)[C@@](O)(C(=O)CCCCCCCCCCCCCCC)[C@@]1(O)C(=O)CCCCCCCCCCCCCCC. The summed E-state index contributed by atoms with van der Waals surface area (Å²) < 4.78 is 6.88. The molecule has 0 radical (unpaired) electrons. The minimum absolute atomic E-state index is 0.0451. The molecule has 2 rings (SSSR count). The van der Waals surface area contributed by atoms with Crippen molar-refractivity contribution in [2.45, 2.75) is 320 Å². The number of aromatic amines is 1. The molecule has 1 saturated heterocycles. The Morgan fingerprint density at radius 3 is 1.12 bits per heavy atom. The van der Waals surface area contributed by atoms with Gasteiger partial charge in [0.25, 0.3) is 5.56 Å². The highest BCUT2D eigenvalue weighted by atomic mass is 16.6. The molecule has 68 heavy (non-hydrogen) atoms. The molecule has 0 aromatic carbocycles. The first-order valence-electron chi connectivity index (χ1n) is 28.7. The molecule has 1 unspecified atom stereocenters. The molecule has 11 heteroatoms. The Kier molecular flexibility index (Phi) is 34.7. The number of rotatable bonds is 47. The van der Waals surface area contributed by atoms with E-state index in [2.05, 4.69) is 25.8 Å². The van der Waals surface area contributed by atoms with E-state index in [1.165, 1.54) is 141 Å². The molecule has 1 fully saturated rings. The zero-order valence-corrected chi connectivity index (χ0v) is 43.8. The van der Waals surface area contributed by atoms with E-state index in [0.717, 1.165) is 93.9 Å². The van der Waals surface area contributed by atoms with E-state index in [-0.39, 0.29) is 19.3 Å². The fourth-order valence-corrected chi connectivity index (χ4v) is 10.3. The van der Waals surface area contributed by atoms with E-state index >= 15 is 0 Å². The van der Waals surface area contributed by atoms with Gasteiger partial charge in [-0.3, -0.25) is 28.7 Å². The number of ketones is 3. The van der Waals surface area contributed by atoms with Gasteiger partial charge < -0.3 is 20.1 Å². The average molecular weight is 959 g/mol. The molecule has 0 amide bonds. The fourth-order valence-electron chi connectivity index (χ4n) is 10.3. The summed E-state index contributed by atoms with van der Waals surface area (Å²) in [5, 5.41) is 37.2. The van der Waals surface area contributed by atoms with Crippen LogP contribution in [0.25, 0.3) is 0 Å². The number of ether oxygens (including phenoxy) is 1. The van der Waals surface area contributed by atoms with E-state index in [1.807, 2.05) is 0 Å². The Hall–Kier alpha value is -2.47. The Labute approximate surface area is 413 Å². The predicted molar refractivity (Wildman–Crippen MR) is 277 cm³/mol. The summed E-state index contributed by atoms with van der Waals surface area (Å²) in [6.45, 7) is 6.68. The first-order chi connectivity index (χ1) is 33.0. The Morgan fingerprint density at radius 1 is 0.500 bits per heavy atom. The largest absolute Gasteiger partial charge is 0.382 e. The molecule has 0 saturated carbocycles. The van der Waals surface area contributed by atoms with Crippen molar-refractivity contribution < 1.29 is 34.4 Å². The molecule has 0 aliphatic carbocycles. The minimum atomic E-state index is -3.05. The van der Waals surface area contributed by atoms with Gasteiger partial charge in [0.05, 0.1) is 0 Å². The number of H-pyrrole nitrogens is 1. The normalized spacial score (nSPS) is 19.7. The van der Waals surface area contributed by atoms with Gasteiger partial charge in [-0.15, -0.1) is 0 Å². The third kappa shape index (κ3) is 22.7. The van der Waals surface area contributed by atoms with E-state index < -0.39 is 58.2 Å². The van der Waals surface area contributed by atoms with Gasteiger partial charge in [0.2, 0.25) is 5.60 Å². The fraction of sp³-hybridized carbons (Fsp3) is 0.877. The van der Waals surface area contributed by atoms with Crippen molar-refractivity contribution in [2.75, 3.05) is 0 Å². The topological polar surface area (TPSA) is 176 Å². The smallest absolute Gasteiger partial charge is 0.330 e. The Balaban J connectivity index is 2.14. The van der Waals surface area contributed by atoms with Crippen molar-refractivity contribution in [2.24, 2.45) is 0 Å². The number of nitrogens with one attached hydrogen (secondary N) is 1. The van der Waals surface area contributed by atoms with Crippen molar-refractivity contribution in [1.82, 2.24) is 9.55 Å². The molecular formula is C57H102N2O9. The number of unbranched alkanes of at least 4 members (excludes halogenated alkanes) is 36. The zero-order chi connectivity index (χ0) is 49.7. The summed E-state index contributed by atoms with van der Waals surface area (Å²) in [6, 6.07) is 1.01. The maximum Gasteiger partial charge on any atom is 0.330 e. The van der Waals surface area contributed by atoms with Crippen LogP contribution in [0.4, 0.5) is 0 Å². The van der Waals surface area contributed by atoms with Gasteiger partial charge in [-0.05, 0) is 19.3 Å². The number of aromatic nitrogens is 2. The quantitative estimate of drug-likeness (QED) is 0.0463. The maximum absolute atomic E-state index is 14.5. The van der Waals surface area contributed by atoms with Crippen LogP contribution < -0.4 is 11.2 Å². The van der Waals surface area contributed by atoms with Gasteiger partial charge in [0, 0.05) is 31.5 Å². The van der Waals surface area contributed by atoms with E-state index in [1.54, 1.807) is 0 Å². The Morgan fingerprint density at radius 2 is 0.794 bits per heavy atom. The van der Waals surface area contributed by atoms with Gasteiger partial charge in [0.1, 0.15) is 12.2 Å². The van der Waals surface area contributed by atoms with Crippen LogP contribution in [-0.4, -0.2) is 65.6 Å². The number of Topliss-reactive ketones (excluding diaryl/α,β-unsaturated/α-hetero) is 3. The zero-order valence-electron chi connectivity index (χ0n) is 43.8. The first kappa shape index (κ1) is 61.6. The van der Waals surface area contributed by atoms with Crippen LogP contribution in [0.3, 0.4) is 0 Å². The lowest BCUT2D eigenvalue weighted by Crippen LogP contribution is -2.69. The lowest BCUT2D eigenvalue weighted by Gasteiger charge is -2.39. The van der Waals surface area contributed by atoms with Crippen LogP contribution >= 0.6 is 0 Å². The summed E-state index contributed by atoms with van der Waals surface area (Å²) in [4.78, 5) is 70.3. The average Bonchev–Trinajstić information content (AvgIpc) is 3.57. The number of nitrogens with zero attached hydrogens (tertiary/aromatic N) is 1. The van der Waals surface area contributed by atoms with Crippen LogP contribution in [0.5, 0.6) is 0 Å². The van der Waals surface area contributed by atoms with Crippen molar-refractivity contribution in [3.05, 3.63) is 33.1 Å². The van der Waals surface area contributed by atoms with Gasteiger partial charge >= 0.3 is 5.69 Å². The Bertz CT molecular complexity index is 1580. The second-order valence-electron chi connectivity index (χ2n) is 20.7. The summed E-state index contributed by atoms with van der Waals surface area (Å²) in [6.07, 6.45) is 37.2. The second-order valence-corrected chi connectivity index (χ2v) is 20.7. The molecule has 1 aliphatic heterocycles. The van der Waals surface area contributed by atoms with Crippen molar-refractivity contribution in [3.63, 3.8) is 0 Å². The van der Waals surface area contributed by atoms with Crippen LogP contribution in [0.1, 0.15) is 297 Å². The molecule has 0 bridgehead atoms. The third-order valence-electron chi connectivity index (χ3n) is 14.7. The van der Waals surface area contributed by atoms with E-state index in [4.69, 9.17) is 4.74 Å². The summed E-state index contributed by atoms with van der Waals surface area (Å²) in [7, 11) is 0. The molecule has 2 heterocycles. The molecule has 0 spiro atoms. The molecular weight excluding hydrogens is 857 g/mol. The standard InChI is InChI=1S/C57H102N2O9/c1-4-7-10-13-16-19-22-25-28-31-34-37-40-43-48(60)52(64)53-56(66,49(61)44-41-38-35-32-29-26-23-20-17-14-11-8-5-2)57(67,54(68-53)59-47-46-51(63)58-55(59)65)50(62)45-42-39-36-33-30-27-24-21-18-15-12-9-6-3/h46-47,52-54,64,66-67H,4-45H2,1-3H3,(H,58,63,65)/t52?,53-,54-,56-,57+/m1/s1. The van der Waals surface area contributed by atoms with Gasteiger partial charge in [-0.25, -0.2) is 4.79 Å². The molecule has 394 valence electrons. The highest BCUT2D eigenvalue weighted by Crippen LogP contribution is 2.49. The summed E-state index contributed by atoms with van der Waals surface area (Å²) in [5.41, 5.74) is -7.86. The van der Waals surface area contributed by atoms with Crippen LogP contribution in [0.15, 0.2) is 21.9 Å². The highest BCUT2D eigenvalue weighted by molar-refractivity contribution is 6.01. The van der Waals surface area contributed by atoms with Crippen LogP contribution in [0.2, 0.25) is 0 Å². The van der Waals surface area contributed by atoms with E-state index in [0.29, 0.717) is 32.1 Å². The van der Waals surface area contributed by atoms with Crippen molar-refractivity contribution >= 4 is 17.3 Å². The second kappa shape index (κ2) is 38.2. The first-order valence-corrected chi connectivity index (χ1v) is 28.7. The van der Waals surface area contributed by atoms with Gasteiger partial charge in [0.15, 0.2) is 29.2 Å². The molecule has 5 atom stereocenters. The van der Waals surface area contributed by atoms with Gasteiger partial charge in [-0.2, -0.15) is 0 Å². The number of hydrogen-bond donors (Lipinski definition) is 4. The monoisotopic (exact) mass is 959 g/mol. The molecule has 4 N–H and O–H groups in total. The summed E-state index contributed by atoms with van der Waals surface area (Å²) in [5.74, 6) is -2.51. The third-order valence-corrected chi connectivity index (χ3v) is 14.7. The maximum atomic E-state index is 14.5. The molecule has 1 aromatic heterocycles. The summed E-state index contributed by atoms with van der Waals surface area (Å²) >= 11 is 0. The van der Waals surface area contributed by atoms with Crippen molar-refractivity contribution in [3.8, 4) is 0 Å². The number of aliphatic hydroxyl groups is 3. The van der Waals surface area contributed by atoms with Crippen LogP contribution in [0, 0.1) is 0 Å². The lowest BCUT2D eigenvalue weighted by molar-refractivity contribution is -0.187. The predicted octanol–water partition coefficient (Wildman–Crippen LogP) is 13.4. The van der Waals surface area contributed by atoms with E-state index in [9.17, 15) is 39.3 Å². The number of carbonyl (C=O) groups is 3. The number of aliphatic hydroxyl groups excluding tert-OH is 1.